The highest BCUT2D eigenvalue weighted by molar-refractivity contribution is 6.02. The monoisotopic (exact) mass is 254 g/mol. The van der Waals surface area contributed by atoms with Gasteiger partial charge in [0.15, 0.2) is 5.78 Å². The molecule has 0 amide bonds. The Morgan fingerprint density at radius 3 is 2.58 bits per heavy atom. The molecule has 0 aromatic heterocycles. The van der Waals surface area contributed by atoms with Gasteiger partial charge in [-0.3, -0.25) is 4.79 Å². The fraction of sp³-hybridized carbons (Fsp3) is 0.235. The van der Waals surface area contributed by atoms with E-state index in [-0.39, 0.29) is 5.78 Å². The Hall–Kier alpha value is -2.09. The van der Waals surface area contributed by atoms with Crippen molar-refractivity contribution < 1.29 is 9.53 Å². The number of Topliss-reactive ketones (excluding diaryl/α,β-unsaturated/α-hetero) is 1. The molecule has 0 heterocycles. The van der Waals surface area contributed by atoms with Gasteiger partial charge in [-0.2, -0.15) is 0 Å². The number of carbonyl (C=O) groups excluding carboxylic acids is 1. The Morgan fingerprint density at radius 1 is 1.05 bits per heavy atom. The first kappa shape index (κ1) is 13.3. The average molecular weight is 254 g/mol. The molecule has 2 heteroatoms. The summed E-state index contributed by atoms with van der Waals surface area (Å²) < 4.78 is 5.51. The lowest BCUT2D eigenvalue weighted by Crippen LogP contribution is -1.99. The third-order valence-corrected chi connectivity index (χ3v) is 3.00. The highest BCUT2D eigenvalue weighted by atomic mass is 16.5. The van der Waals surface area contributed by atoms with Crippen molar-refractivity contribution in [2.24, 2.45) is 0 Å². The zero-order chi connectivity index (χ0) is 13.7. The predicted molar refractivity (Wildman–Crippen MR) is 77.7 cm³/mol. The third-order valence-electron chi connectivity index (χ3n) is 3.00. The standard InChI is InChI=1S/C17H18O2/c1-3-17(18)16-11-6-5-10-15(16)13-8-7-9-14(12-13)19-4-2/h5-12H,3-4H2,1-2H3. The molecule has 0 unspecified atom stereocenters. The van der Waals surface area contributed by atoms with Gasteiger partial charge in [-0.1, -0.05) is 43.3 Å². The summed E-state index contributed by atoms with van der Waals surface area (Å²) in [5.41, 5.74) is 2.76. The van der Waals surface area contributed by atoms with E-state index >= 15 is 0 Å². The van der Waals surface area contributed by atoms with Crippen LogP contribution in [0, 0.1) is 0 Å². The van der Waals surface area contributed by atoms with Gasteiger partial charge in [0.2, 0.25) is 0 Å². The largest absolute Gasteiger partial charge is 0.494 e. The summed E-state index contributed by atoms with van der Waals surface area (Å²) in [7, 11) is 0. The van der Waals surface area contributed by atoms with Gasteiger partial charge in [-0.15, -0.1) is 0 Å². The zero-order valence-electron chi connectivity index (χ0n) is 11.3. The molecule has 0 aliphatic carbocycles. The Kier molecular flexibility index (Phi) is 4.35. The molecular weight excluding hydrogens is 236 g/mol. The minimum atomic E-state index is 0.164. The van der Waals surface area contributed by atoms with Crippen molar-refractivity contribution in [2.75, 3.05) is 6.61 Å². The Balaban J connectivity index is 2.46. The highest BCUT2D eigenvalue weighted by Gasteiger charge is 2.10. The summed E-state index contributed by atoms with van der Waals surface area (Å²) in [4.78, 5) is 12.0. The molecule has 0 atom stereocenters. The average Bonchev–Trinajstić information content (AvgIpc) is 2.47. The normalized spacial score (nSPS) is 10.2. The quantitative estimate of drug-likeness (QED) is 0.742. The molecule has 2 aromatic carbocycles. The second-order valence-electron chi connectivity index (χ2n) is 4.28. The molecule has 0 saturated heterocycles. The van der Waals surface area contributed by atoms with Gasteiger partial charge in [0.25, 0.3) is 0 Å². The van der Waals surface area contributed by atoms with Crippen LogP contribution >= 0.6 is 0 Å². The molecule has 2 rings (SSSR count). The van der Waals surface area contributed by atoms with Gasteiger partial charge in [0.1, 0.15) is 5.75 Å². The molecular formula is C17H18O2. The van der Waals surface area contributed by atoms with Crippen molar-refractivity contribution in [3.05, 3.63) is 54.1 Å². The van der Waals surface area contributed by atoms with E-state index in [4.69, 9.17) is 4.74 Å². The number of hydrogen-bond donors (Lipinski definition) is 0. The number of hydrogen-bond acceptors (Lipinski definition) is 2. The first-order valence-electron chi connectivity index (χ1n) is 6.61. The number of ether oxygens (including phenoxy) is 1. The molecule has 0 radical (unpaired) electrons. The Bertz CT molecular complexity index is 573. The minimum Gasteiger partial charge on any atom is -0.494 e. The van der Waals surface area contributed by atoms with Gasteiger partial charge < -0.3 is 4.74 Å². The van der Waals surface area contributed by atoms with Crippen molar-refractivity contribution >= 4 is 5.78 Å². The van der Waals surface area contributed by atoms with E-state index in [0.29, 0.717) is 13.0 Å². The van der Waals surface area contributed by atoms with E-state index in [9.17, 15) is 4.79 Å². The van der Waals surface area contributed by atoms with Crippen molar-refractivity contribution in [3.63, 3.8) is 0 Å². The van der Waals surface area contributed by atoms with Crippen LogP contribution in [0.2, 0.25) is 0 Å². The number of benzene rings is 2. The second kappa shape index (κ2) is 6.19. The van der Waals surface area contributed by atoms with E-state index in [0.717, 1.165) is 22.4 Å². The fourth-order valence-corrected chi connectivity index (χ4v) is 2.09. The maximum atomic E-state index is 12.0. The Morgan fingerprint density at radius 2 is 1.84 bits per heavy atom. The first-order valence-corrected chi connectivity index (χ1v) is 6.61. The first-order chi connectivity index (χ1) is 9.26. The van der Waals surface area contributed by atoms with Crippen LogP contribution in [0.4, 0.5) is 0 Å². The topological polar surface area (TPSA) is 26.3 Å². The third kappa shape index (κ3) is 3.02. The van der Waals surface area contributed by atoms with Crippen LogP contribution in [0.1, 0.15) is 30.6 Å². The van der Waals surface area contributed by atoms with E-state index in [2.05, 4.69) is 0 Å². The van der Waals surface area contributed by atoms with Gasteiger partial charge in [0, 0.05) is 12.0 Å². The molecule has 0 aliphatic rings. The number of ketones is 1. The van der Waals surface area contributed by atoms with Crippen molar-refractivity contribution in [1.82, 2.24) is 0 Å². The summed E-state index contributed by atoms with van der Waals surface area (Å²) in [5.74, 6) is 0.996. The van der Waals surface area contributed by atoms with Gasteiger partial charge in [-0.05, 0) is 30.2 Å². The van der Waals surface area contributed by atoms with E-state index < -0.39 is 0 Å². The second-order valence-corrected chi connectivity index (χ2v) is 4.28. The van der Waals surface area contributed by atoms with Gasteiger partial charge >= 0.3 is 0 Å². The van der Waals surface area contributed by atoms with Crippen molar-refractivity contribution in [1.29, 1.82) is 0 Å². The van der Waals surface area contributed by atoms with Crippen LogP contribution in [0.5, 0.6) is 5.75 Å². The molecule has 2 nitrogen and oxygen atoms in total. The molecule has 0 bridgehead atoms. The SMILES string of the molecule is CCOc1cccc(-c2ccccc2C(=O)CC)c1. The lowest BCUT2D eigenvalue weighted by molar-refractivity contribution is 0.0989. The predicted octanol–water partition coefficient (Wildman–Crippen LogP) is 4.35. The highest BCUT2D eigenvalue weighted by Crippen LogP contribution is 2.27. The summed E-state index contributed by atoms with van der Waals surface area (Å²) in [6, 6.07) is 15.6. The molecule has 2 aromatic rings. The Labute approximate surface area is 114 Å². The number of carbonyl (C=O) groups is 1. The van der Waals surface area contributed by atoms with Crippen LogP contribution < -0.4 is 4.74 Å². The smallest absolute Gasteiger partial charge is 0.163 e. The summed E-state index contributed by atoms with van der Waals surface area (Å²) in [6.07, 6.45) is 0.516. The maximum Gasteiger partial charge on any atom is 0.163 e. The summed E-state index contributed by atoms with van der Waals surface area (Å²) >= 11 is 0. The van der Waals surface area contributed by atoms with Crippen molar-refractivity contribution in [2.45, 2.75) is 20.3 Å². The lowest BCUT2D eigenvalue weighted by atomic mass is 9.96. The molecule has 19 heavy (non-hydrogen) atoms. The molecule has 0 spiro atoms. The number of rotatable bonds is 5. The minimum absolute atomic E-state index is 0.164. The van der Waals surface area contributed by atoms with Crippen LogP contribution in [-0.4, -0.2) is 12.4 Å². The van der Waals surface area contributed by atoms with E-state index in [1.807, 2.05) is 62.4 Å². The van der Waals surface area contributed by atoms with Crippen LogP contribution in [0.3, 0.4) is 0 Å². The molecule has 0 aliphatic heterocycles. The van der Waals surface area contributed by atoms with Gasteiger partial charge in [-0.25, -0.2) is 0 Å². The molecule has 98 valence electrons. The van der Waals surface area contributed by atoms with E-state index in [1.165, 1.54) is 0 Å². The molecule has 0 saturated carbocycles. The summed E-state index contributed by atoms with van der Waals surface area (Å²) in [6.45, 7) is 4.48. The maximum absolute atomic E-state index is 12.0. The lowest BCUT2D eigenvalue weighted by Gasteiger charge is -2.10. The van der Waals surface area contributed by atoms with E-state index in [1.54, 1.807) is 0 Å². The van der Waals surface area contributed by atoms with Gasteiger partial charge in [0.05, 0.1) is 6.61 Å². The summed E-state index contributed by atoms with van der Waals surface area (Å²) in [5, 5.41) is 0. The van der Waals surface area contributed by atoms with Crippen LogP contribution in [0.15, 0.2) is 48.5 Å². The zero-order valence-corrected chi connectivity index (χ0v) is 11.3. The fourth-order valence-electron chi connectivity index (χ4n) is 2.09. The van der Waals surface area contributed by atoms with Crippen LogP contribution in [0.25, 0.3) is 11.1 Å². The van der Waals surface area contributed by atoms with Crippen LogP contribution in [-0.2, 0) is 0 Å². The van der Waals surface area contributed by atoms with Crippen molar-refractivity contribution in [3.8, 4) is 16.9 Å². The molecule has 0 N–H and O–H groups in total. The molecule has 0 fully saturated rings.